The highest BCUT2D eigenvalue weighted by Gasteiger charge is 2.30. The van der Waals surface area contributed by atoms with Crippen LogP contribution in [-0.4, -0.2) is 27.5 Å². The van der Waals surface area contributed by atoms with Crippen LogP contribution in [0.25, 0.3) is 0 Å². The summed E-state index contributed by atoms with van der Waals surface area (Å²) in [5.41, 5.74) is 8.11. The largest absolute Gasteiger partial charge is 0.482 e. The first-order valence-electron chi connectivity index (χ1n) is 14.5. The van der Waals surface area contributed by atoms with Crippen molar-refractivity contribution in [3.8, 4) is 5.75 Å². The van der Waals surface area contributed by atoms with E-state index in [1.807, 2.05) is 48.5 Å². The Morgan fingerprint density at radius 3 is 2.02 bits per heavy atom. The van der Waals surface area contributed by atoms with Gasteiger partial charge in [-0.2, -0.15) is 0 Å². The van der Waals surface area contributed by atoms with E-state index in [2.05, 4.69) is 43.0 Å². The molecule has 1 aliphatic rings. The van der Waals surface area contributed by atoms with Crippen molar-refractivity contribution >= 4 is 5.69 Å². The number of nitro groups is 1. The summed E-state index contributed by atoms with van der Waals surface area (Å²) < 4.78 is 5.80. The molecule has 0 amide bonds. The van der Waals surface area contributed by atoms with E-state index in [1.165, 1.54) is 33.9 Å². The molecule has 1 N–H and O–H groups in total. The van der Waals surface area contributed by atoms with Crippen molar-refractivity contribution < 1.29 is 14.8 Å². The summed E-state index contributed by atoms with van der Waals surface area (Å²) in [5, 5.41) is 23.4. The SMILES string of the molecule is CCc1cc2c(cc1CC)CC(N(Cc1ccccc1)C[C@H](O)c1ccc(OCc3ccccc3)c([N+](=O)[O-])c1)C2. The van der Waals surface area contributed by atoms with Gasteiger partial charge in [0.25, 0.3) is 0 Å². The van der Waals surface area contributed by atoms with Crippen LogP contribution in [0, 0.1) is 10.1 Å². The second-order valence-corrected chi connectivity index (χ2v) is 10.8. The normalized spacial score (nSPS) is 13.8. The topological polar surface area (TPSA) is 75.8 Å². The summed E-state index contributed by atoms with van der Waals surface area (Å²) in [6.45, 7) is 5.72. The third-order valence-electron chi connectivity index (χ3n) is 8.15. The average molecular weight is 551 g/mol. The molecule has 0 saturated heterocycles. The predicted octanol–water partition coefficient (Wildman–Crippen LogP) is 7.00. The van der Waals surface area contributed by atoms with Crippen molar-refractivity contribution in [2.24, 2.45) is 0 Å². The van der Waals surface area contributed by atoms with Gasteiger partial charge < -0.3 is 9.84 Å². The van der Waals surface area contributed by atoms with Gasteiger partial charge in [-0.1, -0.05) is 92.7 Å². The van der Waals surface area contributed by atoms with Gasteiger partial charge in [-0.3, -0.25) is 15.0 Å². The maximum absolute atomic E-state index is 11.9. The highest BCUT2D eigenvalue weighted by atomic mass is 16.6. The smallest absolute Gasteiger partial charge is 0.311 e. The van der Waals surface area contributed by atoms with Gasteiger partial charge in [0.05, 0.1) is 11.0 Å². The second-order valence-electron chi connectivity index (χ2n) is 10.8. The molecule has 4 aromatic carbocycles. The Bertz CT molecular complexity index is 1440. The van der Waals surface area contributed by atoms with Crippen LogP contribution in [0.4, 0.5) is 5.69 Å². The molecule has 0 unspecified atom stereocenters. The molecule has 0 radical (unpaired) electrons. The Kier molecular flexibility index (Phi) is 9.12. The van der Waals surface area contributed by atoms with Crippen LogP contribution in [0.1, 0.15) is 58.9 Å². The van der Waals surface area contributed by atoms with E-state index in [0.29, 0.717) is 18.7 Å². The minimum atomic E-state index is -0.887. The summed E-state index contributed by atoms with van der Waals surface area (Å²) in [7, 11) is 0. The van der Waals surface area contributed by atoms with Crippen molar-refractivity contribution in [1.29, 1.82) is 0 Å². The summed E-state index contributed by atoms with van der Waals surface area (Å²) in [5.74, 6) is 0.195. The Hall–Kier alpha value is -4.00. The quantitative estimate of drug-likeness (QED) is 0.152. The van der Waals surface area contributed by atoms with Crippen LogP contribution in [0.5, 0.6) is 5.75 Å². The minimum absolute atomic E-state index is 0.139. The van der Waals surface area contributed by atoms with Crippen molar-refractivity contribution in [1.82, 2.24) is 4.90 Å². The van der Waals surface area contributed by atoms with Crippen LogP contribution in [0.15, 0.2) is 91.0 Å². The number of aliphatic hydroxyl groups excluding tert-OH is 1. The second kappa shape index (κ2) is 13.1. The van der Waals surface area contributed by atoms with Gasteiger partial charge in [0.2, 0.25) is 0 Å². The molecule has 5 rings (SSSR count). The van der Waals surface area contributed by atoms with Gasteiger partial charge >= 0.3 is 5.69 Å². The minimum Gasteiger partial charge on any atom is -0.482 e. The number of nitro benzene ring substituents is 1. The van der Waals surface area contributed by atoms with Crippen molar-refractivity contribution in [3.05, 3.63) is 140 Å². The van der Waals surface area contributed by atoms with E-state index in [4.69, 9.17) is 4.74 Å². The number of hydrogen-bond donors (Lipinski definition) is 1. The fourth-order valence-electron chi connectivity index (χ4n) is 5.90. The van der Waals surface area contributed by atoms with Crippen molar-refractivity contribution in [3.63, 3.8) is 0 Å². The third kappa shape index (κ3) is 6.84. The molecule has 0 fully saturated rings. The van der Waals surface area contributed by atoms with Gasteiger partial charge in [-0.05, 0) is 70.7 Å². The fourth-order valence-corrected chi connectivity index (χ4v) is 5.90. The number of nitrogens with zero attached hydrogens (tertiary/aromatic N) is 2. The van der Waals surface area contributed by atoms with Crippen molar-refractivity contribution in [2.75, 3.05) is 6.54 Å². The monoisotopic (exact) mass is 550 g/mol. The van der Waals surface area contributed by atoms with Crippen LogP contribution in [0.3, 0.4) is 0 Å². The first-order chi connectivity index (χ1) is 19.9. The molecule has 6 heteroatoms. The Morgan fingerprint density at radius 2 is 1.46 bits per heavy atom. The molecule has 0 bridgehead atoms. The molecule has 0 heterocycles. The first kappa shape index (κ1) is 28.5. The Labute approximate surface area is 242 Å². The number of fused-ring (bicyclic) bond motifs is 1. The Balaban J connectivity index is 1.36. The van der Waals surface area contributed by atoms with E-state index in [1.54, 1.807) is 12.1 Å². The lowest BCUT2D eigenvalue weighted by atomic mass is 9.97. The van der Waals surface area contributed by atoms with Crippen LogP contribution < -0.4 is 4.74 Å². The number of aliphatic hydroxyl groups is 1. The molecular formula is C35H38N2O4. The van der Waals surface area contributed by atoms with Crippen LogP contribution in [0.2, 0.25) is 0 Å². The maximum atomic E-state index is 11.9. The lowest BCUT2D eigenvalue weighted by Crippen LogP contribution is -2.38. The molecule has 212 valence electrons. The molecule has 4 aromatic rings. The first-order valence-corrected chi connectivity index (χ1v) is 14.5. The van der Waals surface area contributed by atoms with Gasteiger partial charge in [0, 0.05) is 25.2 Å². The van der Waals surface area contributed by atoms with Crippen molar-refractivity contribution in [2.45, 2.75) is 64.8 Å². The van der Waals surface area contributed by atoms with Gasteiger partial charge in [0.15, 0.2) is 5.75 Å². The number of aryl methyl sites for hydroxylation is 2. The molecule has 41 heavy (non-hydrogen) atoms. The highest BCUT2D eigenvalue weighted by Crippen LogP contribution is 2.34. The van der Waals surface area contributed by atoms with E-state index in [0.717, 1.165) is 31.2 Å². The van der Waals surface area contributed by atoms with Crippen LogP contribution >= 0.6 is 0 Å². The molecule has 1 aliphatic carbocycles. The number of benzene rings is 4. The number of ether oxygens (including phenoxy) is 1. The summed E-state index contributed by atoms with van der Waals surface area (Å²) >= 11 is 0. The zero-order valence-electron chi connectivity index (χ0n) is 23.8. The predicted molar refractivity (Wildman–Crippen MR) is 162 cm³/mol. The van der Waals surface area contributed by atoms with E-state index in [-0.39, 0.29) is 24.1 Å². The van der Waals surface area contributed by atoms with E-state index >= 15 is 0 Å². The van der Waals surface area contributed by atoms with Crippen LogP contribution in [-0.2, 0) is 38.8 Å². The van der Waals surface area contributed by atoms with E-state index in [9.17, 15) is 15.2 Å². The number of hydrogen-bond acceptors (Lipinski definition) is 5. The lowest BCUT2D eigenvalue weighted by molar-refractivity contribution is -0.386. The molecule has 0 spiro atoms. The molecule has 0 aromatic heterocycles. The molecular weight excluding hydrogens is 512 g/mol. The molecule has 1 atom stereocenters. The van der Waals surface area contributed by atoms with Gasteiger partial charge in [-0.25, -0.2) is 0 Å². The molecule has 6 nitrogen and oxygen atoms in total. The average Bonchev–Trinajstić information content (AvgIpc) is 3.42. The lowest BCUT2D eigenvalue weighted by Gasteiger charge is -2.31. The zero-order chi connectivity index (χ0) is 28.8. The summed E-state index contributed by atoms with van der Waals surface area (Å²) in [4.78, 5) is 13.8. The Morgan fingerprint density at radius 1 is 0.878 bits per heavy atom. The standard InChI is InChI=1S/C35H38N2O4/c1-3-27-17-30-19-32(20-31(30)18-28(27)4-2)36(22-25-11-7-5-8-12-25)23-34(38)29-15-16-35(33(21-29)37(39)40)41-24-26-13-9-6-10-14-26/h5-18,21,32,34,38H,3-4,19-20,22-24H2,1-2H3/t34-/m0/s1. The number of rotatable bonds is 12. The third-order valence-corrected chi connectivity index (χ3v) is 8.15. The zero-order valence-corrected chi connectivity index (χ0v) is 23.8. The van der Waals surface area contributed by atoms with Gasteiger partial charge in [-0.15, -0.1) is 0 Å². The maximum Gasteiger partial charge on any atom is 0.311 e. The fraction of sp³-hybridized carbons (Fsp3) is 0.314. The molecule has 0 saturated carbocycles. The van der Waals surface area contributed by atoms with Gasteiger partial charge in [0.1, 0.15) is 6.61 Å². The summed E-state index contributed by atoms with van der Waals surface area (Å²) in [6.07, 6.45) is 3.02. The van der Waals surface area contributed by atoms with E-state index < -0.39 is 11.0 Å². The molecule has 0 aliphatic heterocycles. The highest BCUT2D eigenvalue weighted by molar-refractivity contribution is 5.49. The summed E-state index contributed by atoms with van der Waals surface area (Å²) in [6, 6.07) is 29.6.